The van der Waals surface area contributed by atoms with Crippen LogP contribution in [0.25, 0.3) is 0 Å². The molecule has 0 amide bonds. The van der Waals surface area contributed by atoms with Crippen LogP contribution in [-0.2, 0) is 10.1 Å². The van der Waals surface area contributed by atoms with Crippen LogP contribution in [0, 0.1) is 11.6 Å². The van der Waals surface area contributed by atoms with Gasteiger partial charge >= 0.3 is 0 Å². The van der Waals surface area contributed by atoms with E-state index >= 15 is 0 Å². The van der Waals surface area contributed by atoms with E-state index in [9.17, 15) is 8.78 Å². The molecule has 0 aliphatic carbocycles. The number of halogens is 3. The highest BCUT2D eigenvalue weighted by atomic mass is 79.9. The van der Waals surface area contributed by atoms with Gasteiger partial charge in [-0.25, -0.2) is 8.78 Å². The minimum Gasteiger partial charge on any atom is -0.379 e. The molecule has 2 saturated heterocycles. The van der Waals surface area contributed by atoms with Crippen molar-refractivity contribution in [2.45, 2.75) is 17.8 Å². The predicted molar refractivity (Wildman–Crippen MR) is 82.0 cm³/mol. The third-order valence-corrected chi connectivity index (χ3v) is 4.92. The highest BCUT2D eigenvalue weighted by Gasteiger charge is 2.31. The molecule has 1 unspecified atom stereocenters. The summed E-state index contributed by atoms with van der Waals surface area (Å²) in [6.07, 6.45) is 0.944. The minimum absolute atomic E-state index is 0.121. The van der Waals surface area contributed by atoms with Gasteiger partial charge in [0, 0.05) is 37.6 Å². The number of anilines is 1. The lowest BCUT2D eigenvalue weighted by atomic mass is 10.2. The number of hydrogen-bond donors (Lipinski definition) is 0. The fourth-order valence-corrected chi connectivity index (χ4v) is 3.51. The molecule has 3 rings (SSSR count). The highest BCUT2D eigenvalue weighted by molar-refractivity contribution is 9.08. The van der Waals surface area contributed by atoms with Gasteiger partial charge in [-0.05, 0) is 24.1 Å². The lowest BCUT2D eigenvalue weighted by Crippen LogP contribution is -2.44. The molecular weight excluding hydrogens is 342 g/mol. The van der Waals surface area contributed by atoms with E-state index in [1.54, 1.807) is 0 Å². The summed E-state index contributed by atoms with van der Waals surface area (Å²) in [6, 6.07) is 3.19. The van der Waals surface area contributed by atoms with Crippen molar-refractivity contribution in [2.24, 2.45) is 0 Å². The first-order valence-corrected chi connectivity index (χ1v) is 8.42. The zero-order valence-corrected chi connectivity index (χ0v) is 13.4. The summed E-state index contributed by atoms with van der Waals surface area (Å²) < 4.78 is 33.7. The molecule has 2 aliphatic heterocycles. The monoisotopic (exact) mass is 360 g/mol. The largest absolute Gasteiger partial charge is 0.379 e. The molecule has 0 N–H and O–H groups in total. The molecule has 0 spiro atoms. The Labute approximate surface area is 132 Å². The second kappa shape index (κ2) is 6.58. The number of morpholine rings is 1. The number of rotatable bonds is 3. The first-order chi connectivity index (χ1) is 10.2. The van der Waals surface area contributed by atoms with E-state index in [-0.39, 0.29) is 5.69 Å². The third kappa shape index (κ3) is 3.22. The van der Waals surface area contributed by atoms with Crippen molar-refractivity contribution in [1.29, 1.82) is 0 Å². The molecule has 0 saturated carbocycles. The van der Waals surface area contributed by atoms with Crippen LogP contribution in [0.5, 0.6) is 0 Å². The predicted octanol–water partition coefficient (Wildman–Crippen LogP) is 2.77. The van der Waals surface area contributed by atoms with E-state index in [1.807, 2.05) is 4.90 Å². The van der Waals surface area contributed by atoms with Crippen molar-refractivity contribution in [3.63, 3.8) is 0 Å². The molecule has 6 heteroatoms. The molecule has 1 aromatic carbocycles. The molecule has 0 bridgehead atoms. The average molecular weight is 361 g/mol. The first-order valence-electron chi connectivity index (χ1n) is 7.29. The van der Waals surface area contributed by atoms with Gasteiger partial charge in [0.25, 0.3) is 0 Å². The van der Waals surface area contributed by atoms with E-state index in [0.29, 0.717) is 30.0 Å². The van der Waals surface area contributed by atoms with Crippen LogP contribution in [0.3, 0.4) is 0 Å². The molecular formula is C15H19BrF2N2O. The molecule has 3 nitrogen and oxygen atoms in total. The van der Waals surface area contributed by atoms with Crippen molar-refractivity contribution < 1.29 is 13.5 Å². The quantitative estimate of drug-likeness (QED) is 0.771. The molecule has 0 radical (unpaired) electrons. The molecule has 1 aromatic rings. The second-order valence-corrected chi connectivity index (χ2v) is 6.14. The summed E-state index contributed by atoms with van der Waals surface area (Å²) in [6.45, 7) is 4.70. The Bertz CT molecular complexity index is 485. The number of ether oxygens (including phenoxy) is 1. The smallest absolute Gasteiger partial charge is 0.149 e. The summed E-state index contributed by atoms with van der Waals surface area (Å²) >= 11 is 3.23. The van der Waals surface area contributed by atoms with Gasteiger partial charge in [0.15, 0.2) is 0 Å². The lowest BCUT2D eigenvalue weighted by molar-refractivity contribution is 0.0209. The van der Waals surface area contributed by atoms with Gasteiger partial charge in [0.1, 0.15) is 17.3 Å². The van der Waals surface area contributed by atoms with Crippen LogP contribution in [0.2, 0.25) is 0 Å². The van der Waals surface area contributed by atoms with Gasteiger partial charge in [-0.15, -0.1) is 0 Å². The number of nitrogens with zero attached hydrogens (tertiary/aromatic N) is 2. The van der Waals surface area contributed by atoms with Crippen LogP contribution < -0.4 is 4.90 Å². The van der Waals surface area contributed by atoms with Crippen LogP contribution in [0.4, 0.5) is 14.5 Å². The summed E-state index contributed by atoms with van der Waals surface area (Å²) in [4.78, 5) is 4.20. The molecule has 2 fully saturated rings. The maximum atomic E-state index is 14.2. The zero-order valence-electron chi connectivity index (χ0n) is 11.8. The number of alkyl halides is 1. The van der Waals surface area contributed by atoms with Crippen LogP contribution in [0.15, 0.2) is 12.1 Å². The summed E-state index contributed by atoms with van der Waals surface area (Å²) in [5.41, 5.74) is 0.744. The second-order valence-electron chi connectivity index (χ2n) is 5.58. The Morgan fingerprint density at radius 2 is 1.81 bits per heavy atom. The van der Waals surface area contributed by atoms with Gasteiger partial charge in [0.05, 0.1) is 13.2 Å². The van der Waals surface area contributed by atoms with Crippen LogP contribution >= 0.6 is 15.9 Å². The van der Waals surface area contributed by atoms with Gasteiger partial charge in [0.2, 0.25) is 0 Å². The molecule has 0 aromatic heterocycles. The van der Waals surface area contributed by atoms with Gasteiger partial charge in [-0.3, -0.25) is 4.90 Å². The Balaban J connectivity index is 1.74. The van der Waals surface area contributed by atoms with Crippen molar-refractivity contribution in [1.82, 2.24) is 4.90 Å². The fourth-order valence-electron chi connectivity index (χ4n) is 3.18. The van der Waals surface area contributed by atoms with Gasteiger partial charge in [-0.2, -0.15) is 0 Å². The zero-order chi connectivity index (χ0) is 14.8. The van der Waals surface area contributed by atoms with E-state index in [0.717, 1.165) is 32.7 Å². The Kier molecular flexibility index (Phi) is 4.76. The van der Waals surface area contributed by atoms with Crippen LogP contribution in [0.1, 0.15) is 12.0 Å². The fraction of sp³-hybridized carbons (Fsp3) is 0.600. The average Bonchev–Trinajstić information content (AvgIpc) is 2.97. The van der Waals surface area contributed by atoms with E-state index in [4.69, 9.17) is 4.74 Å². The Morgan fingerprint density at radius 3 is 2.43 bits per heavy atom. The Hall–Kier alpha value is -0.720. The summed E-state index contributed by atoms with van der Waals surface area (Å²) in [5.74, 6) is -0.931. The van der Waals surface area contributed by atoms with Gasteiger partial charge in [-0.1, -0.05) is 15.9 Å². The molecule has 1 atom stereocenters. The van der Waals surface area contributed by atoms with Gasteiger partial charge < -0.3 is 9.64 Å². The van der Waals surface area contributed by atoms with Crippen molar-refractivity contribution in [2.75, 3.05) is 44.3 Å². The number of benzene rings is 1. The summed E-state index contributed by atoms with van der Waals surface area (Å²) in [7, 11) is 0. The topological polar surface area (TPSA) is 15.7 Å². The SMILES string of the molecule is Fc1cc(CBr)cc(F)c1N1CCC(N2CCOCC2)C1. The maximum Gasteiger partial charge on any atom is 0.149 e. The van der Waals surface area contributed by atoms with E-state index < -0.39 is 11.6 Å². The first kappa shape index (κ1) is 15.2. The maximum absolute atomic E-state index is 14.2. The standard InChI is InChI=1S/C15H19BrF2N2O/c16-9-11-7-13(17)15(14(18)8-11)20-2-1-12(10-20)19-3-5-21-6-4-19/h7-8,12H,1-6,9-10H2. The van der Waals surface area contributed by atoms with Crippen molar-refractivity contribution >= 4 is 21.6 Å². The van der Waals surface area contributed by atoms with E-state index in [2.05, 4.69) is 20.8 Å². The summed E-state index contributed by atoms with van der Waals surface area (Å²) in [5, 5.41) is 0.456. The third-order valence-electron chi connectivity index (χ3n) is 4.27. The molecule has 2 aliphatic rings. The van der Waals surface area contributed by atoms with Crippen molar-refractivity contribution in [3.05, 3.63) is 29.3 Å². The highest BCUT2D eigenvalue weighted by Crippen LogP contribution is 2.30. The molecule has 116 valence electrons. The molecule has 2 heterocycles. The Morgan fingerprint density at radius 1 is 1.14 bits per heavy atom. The van der Waals surface area contributed by atoms with Crippen LogP contribution in [-0.4, -0.2) is 50.3 Å². The lowest BCUT2D eigenvalue weighted by Gasteiger charge is -2.32. The van der Waals surface area contributed by atoms with E-state index in [1.165, 1.54) is 12.1 Å². The van der Waals surface area contributed by atoms with Crippen molar-refractivity contribution in [3.8, 4) is 0 Å². The normalized spacial score (nSPS) is 23.8. The number of hydrogen-bond acceptors (Lipinski definition) is 3. The minimum atomic E-state index is -0.466. The molecule has 21 heavy (non-hydrogen) atoms.